The topological polar surface area (TPSA) is 78.4 Å². The molecule has 2 N–H and O–H groups in total. The highest BCUT2D eigenvalue weighted by atomic mass is 35.5. The molecule has 2 bridgehead atoms. The van der Waals surface area contributed by atoms with Crippen molar-refractivity contribution in [3.63, 3.8) is 0 Å². The maximum atomic E-state index is 13.4. The van der Waals surface area contributed by atoms with Crippen LogP contribution in [0.4, 0.5) is 11.8 Å². The number of hydrogen-bond acceptors (Lipinski definition) is 6. The Hall–Kier alpha value is -1.70. The van der Waals surface area contributed by atoms with Gasteiger partial charge in [0.2, 0.25) is 5.95 Å². The highest BCUT2D eigenvalue weighted by Crippen LogP contribution is 2.55. The van der Waals surface area contributed by atoms with E-state index in [9.17, 15) is 9.32 Å². The molecule has 34 heavy (non-hydrogen) atoms. The summed E-state index contributed by atoms with van der Waals surface area (Å²) in [4.78, 5) is 13.2. The fraction of sp³-hybridized carbons (Fsp3) is 0.615. The van der Waals surface area contributed by atoms with E-state index in [0.29, 0.717) is 23.6 Å². The van der Waals surface area contributed by atoms with Gasteiger partial charge in [0, 0.05) is 24.5 Å². The van der Waals surface area contributed by atoms with E-state index in [4.69, 9.17) is 21.6 Å². The number of aliphatic hydroxyl groups excluding tert-OH is 1. The molecule has 3 unspecified atom stereocenters. The number of hydrogen-bond donors (Lipinski definition) is 2. The molecular weight excluding hydrogens is 468 g/mol. The van der Waals surface area contributed by atoms with Crippen LogP contribution < -0.4 is 10.2 Å². The van der Waals surface area contributed by atoms with Crippen molar-refractivity contribution in [3.8, 4) is 0 Å². The van der Waals surface area contributed by atoms with E-state index >= 15 is 0 Å². The van der Waals surface area contributed by atoms with Crippen molar-refractivity contribution in [2.24, 2.45) is 11.8 Å². The largest absolute Gasteiger partial charge is 0.394 e. The molecule has 3 atom stereocenters. The van der Waals surface area contributed by atoms with Crippen LogP contribution in [0.15, 0.2) is 29.2 Å². The van der Waals surface area contributed by atoms with Gasteiger partial charge in [-0.05, 0) is 80.4 Å². The van der Waals surface area contributed by atoms with Crippen LogP contribution in [0.25, 0.3) is 0 Å². The predicted octanol–water partition coefficient (Wildman–Crippen LogP) is 4.28. The third kappa shape index (κ3) is 3.26. The van der Waals surface area contributed by atoms with Crippen molar-refractivity contribution >= 4 is 34.2 Å². The first-order valence-electron chi connectivity index (χ1n) is 12.7. The van der Waals surface area contributed by atoms with Crippen molar-refractivity contribution in [1.29, 1.82) is 0 Å². The lowest BCUT2D eigenvalue weighted by Crippen LogP contribution is -2.49. The number of fused-ring (bicyclic) bond motifs is 3. The summed E-state index contributed by atoms with van der Waals surface area (Å²) < 4.78 is 13.3. The van der Waals surface area contributed by atoms with Crippen molar-refractivity contribution in [2.45, 2.75) is 72.5 Å². The molecule has 3 aliphatic carbocycles. The van der Waals surface area contributed by atoms with Gasteiger partial charge in [0.25, 0.3) is 0 Å². The zero-order valence-corrected chi connectivity index (χ0v) is 20.9. The second-order valence-electron chi connectivity index (χ2n) is 11.3. The molecule has 1 spiro atoms. The van der Waals surface area contributed by atoms with Gasteiger partial charge >= 0.3 is 0 Å². The number of nitrogens with one attached hydrogen (secondary N) is 1. The molecule has 2 aromatic rings. The second-order valence-corrected chi connectivity index (χ2v) is 13.5. The fourth-order valence-electron chi connectivity index (χ4n) is 6.91. The lowest BCUT2D eigenvalue weighted by molar-refractivity contribution is 0.143. The Morgan fingerprint density at radius 3 is 2.38 bits per heavy atom. The Balaban J connectivity index is 1.21. The normalized spacial score (nSPS) is 31.9. The minimum atomic E-state index is -1.07. The van der Waals surface area contributed by atoms with Crippen LogP contribution in [0.1, 0.15) is 62.1 Å². The van der Waals surface area contributed by atoms with Gasteiger partial charge in [0.1, 0.15) is 10.7 Å². The SMILES string of the molecule is O=S1c2c(nc(N3CC4CCC(C3)C4c3ccc(Cl)cc3)nc2NC2(CO)CCC2)CC12CC2. The van der Waals surface area contributed by atoms with Crippen molar-refractivity contribution < 1.29 is 9.32 Å². The van der Waals surface area contributed by atoms with Gasteiger partial charge in [-0.15, -0.1) is 0 Å². The number of halogens is 1. The summed E-state index contributed by atoms with van der Waals surface area (Å²) in [5.41, 5.74) is 2.03. The molecular formula is C26H31ClN4O2S. The molecule has 180 valence electrons. The smallest absolute Gasteiger partial charge is 0.227 e. The highest BCUT2D eigenvalue weighted by Gasteiger charge is 2.56. The maximum Gasteiger partial charge on any atom is 0.227 e. The van der Waals surface area contributed by atoms with Gasteiger partial charge in [0.15, 0.2) is 0 Å². The van der Waals surface area contributed by atoms with Crippen molar-refractivity contribution in [2.75, 3.05) is 29.9 Å². The van der Waals surface area contributed by atoms with Crippen molar-refractivity contribution in [1.82, 2.24) is 9.97 Å². The lowest BCUT2D eigenvalue weighted by Gasteiger charge is -2.42. The summed E-state index contributed by atoms with van der Waals surface area (Å²) in [6.07, 6.45) is 8.20. The van der Waals surface area contributed by atoms with Crippen LogP contribution in [0.3, 0.4) is 0 Å². The number of aliphatic hydroxyl groups is 1. The van der Waals surface area contributed by atoms with E-state index in [1.807, 2.05) is 12.1 Å². The fourth-order valence-corrected chi connectivity index (χ4v) is 8.81. The Morgan fingerprint density at radius 2 is 1.79 bits per heavy atom. The molecule has 1 aromatic heterocycles. The highest BCUT2D eigenvalue weighted by molar-refractivity contribution is 7.87. The molecule has 8 heteroatoms. The number of piperidine rings is 1. The van der Waals surface area contributed by atoms with Gasteiger partial charge < -0.3 is 15.3 Å². The third-order valence-electron chi connectivity index (χ3n) is 9.17. The first-order valence-corrected chi connectivity index (χ1v) is 14.2. The minimum Gasteiger partial charge on any atom is -0.394 e. The number of rotatable bonds is 5. The number of anilines is 2. The van der Waals surface area contributed by atoms with E-state index < -0.39 is 10.8 Å². The lowest BCUT2D eigenvalue weighted by atomic mass is 9.77. The molecule has 2 aliphatic heterocycles. The molecule has 7 rings (SSSR count). The van der Waals surface area contributed by atoms with E-state index in [2.05, 4.69) is 22.3 Å². The third-order valence-corrected chi connectivity index (χ3v) is 11.6. The quantitative estimate of drug-likeness (QED) is 0.640. The van der Waals surface area contributed by atoms with Gasteiger partial charge in [-0.1, -0.05) is 23.7 Å². The summed E-state index contributed by atoms with van der Waals surface area (Å²) in [6.45, 7) is 1.97. The molecule has 0 amide bonds. The molecule has 3 heterocycles. The van der Waals surface area contributed by atoms with Gasteiger partial charge in [-0.3, -0.25) is 4.21 Å². The summed E-state index contributed by atoms with van der Waals surface area (Å²) in [5.74, 6) is 3.20. The Bertz CT molecular complexity index is 1140. The number of aromatic nitrogens is 2. The zero-order valence-electron chi connectivity index (χ0n) is 19.3. The first-order chi connectivity index (χ1) is 16.5. The molecule has 6 nitrogen and oxygen atoms in total. The molecule has 3 saturated carbocycles. The van der Waals surface area contributed by atoms with Crippen molar-refractivity contribution in [3.05, 3.63) is 40.5 Å². The Labute approximate surface area is 208 Å². The van der Waals surface area contributed by atoms with Crippen LogP contribution in [0.2, 0.25) is 5.02 Å². The predicted molar refractivity (Wildman–Crippen MR) is 134 cm³/mol. The summed E-state index contributed by atoms with van der Waals surface area (Å²) in [5, 5.41) is 14.4. The van der Waals surface area contributed by atoms with Crippen LogP contribution in [0, 0.1) is 11.8 Å². The van der Waals surface area contributed by atoms with Gasteiger partial charge in [-0.2, -0.15) is 4.98 Å². The molecule has 0 radical (unpaired) electrons. The van der Waals surface area contributed by atoms with Crippen LogP contribution in [-0.4, -0.2) is 49.3 Å². The monoisotopic (exact) mass is 498 g/mol. The van der Waals surface area contributed by atoms with Crippen LogP contribution in [0.5, 0.6) is 0 Å². The first kappa shape index (κ1) is 21.6. The Morgan fingerprint density at radius 1 is 1.09 bits per heavy atom. The second kappa shape index (κ2) is 7.65. The van der Waals surface area contributed by atoms with Gasteiger partial charge in [-0.25, -0.2) is 4.98 Å². The minimum absolute atomic E-state index is 0.0789. The molecule has 5 aliphatic rings. The van der Waals surface area contributed by atoms with E-state index in [1.54, 1.807) is 0 Å². The summed E-state index contributed by atoms with van der Waals surface area (Å²) in [6, 6.07) is 8.41. The number of nitrogens with zero attached hydrogens (tertiary/aromatic N) is 3. The van der Waals surface area contributed by atoms with Crippen LogP contribution in [-0.2, 0) is 17.2 Å². The van der Waals surface area contributed by atoms with E-state index in [1.165, 1.54) is 18.4 Å². The number of benzene rings is 1. The zero-order chi connectivity index (χ0) is 23.1. The van der Waals surface area contributed by atoms with E-state index in [-0.39, 0.29) is 16.9 Å². The average molecular weight is 499 g/mol. The van der Waals surface area contributed by atoms with Crippen LogP contribution >= 0.6 is 11.6 Å². The maximum absolute atomic E-state index is 13.4. The summed E-state index contributed by atoms with van der Waals surface area (Å²) in [7, 11) is -1.07. The molecule has 1 saturated heterocycles. The standard InChI is InChI=1S/C26H31ClN4O2S/c27-19-6-4-16(5-7-19)21-17-2-3-18(21)14-31(13-17)24-28-20-12-26(10-11-26)34(33)22(20)23(29-24)30-25(15-32)8-1-9-25/h4-7,17-18,21,32H,1-3,8-15H2,(H,28,29,30). The van der Waals surface area contributed by atoms with Gasteiger partial charge in [0.05, 0.1) is 33.4 Å². The average Bonchev–Trinajstić information content (AvgIpc) is 3.47. The molecule has 1 aromatic carbocycles. The molecule has 4 fully saturated rings. The van der Waals surface area contributed by atoms with E-state index in [0.717, 1.165) is 73.2 Å². The Kier molecular flexibility index (Phi) is 4.85. The summed E-state index contributed by atoms with van der Waals surface area (Å²) >= 11 is 6.14.